The first-order chi connectivity index (χ1) is 8.86. The van der Waals surface area contributed by atoms with Crippen LogP contribution < -0.4 is 11.1 Å². The first kappa shape index (κ1) is 19.5. The third-order valence-corrected chi connectivity index (χ3v) is 3.70. The fourth-order valence-electron chi connectivity index (χ4n) is 2.09. The van der Waals surface area contributed by atoms with Crippen LogP contribution in [0.25, 0.3) is 0 Å². The number of halogens is 1. The highest BCUT2D eigenvalue weighted by atomic mass is 127. The molecule has 5 nitrogen and oxygen atoms in total. The Hall–Kier alpha value is -0.530. The molecular formula is C14H29IN4O. The molecule has 0 aliphatic carbocycles. The van der Waals surface area contributed by atoms with Crippen LogP contribution in [0, 0.1) is 11.3 Å². The Morgan fingerprint density at radius 2 is 1.95 bits per heavy atom. The third-order valence-electron chi connectivity index (χ3n) is 3.70. The van der Waals surface area contributed by atoms with Crippen molar-refractivity contribution in [1.29, 1.82) is 0 Å². The number of nitrogens with zero attached hydrogens (tertiary/aromatic N) is 2. The predicted octanol–water partition coefficient (Wildman–Crippen LogP) is 1.81. The van der Waals surface area contributed by atoms with Crippen LogP contribution in [0.2, 0.25) is 0 Å². The summed E-state index contributed by atoms with van der Waals surface area (Å²) >= 11 is 0. The van der Waals surface area contributed by atoms with E-state index in [0.29, 0.717) is 19.0 Å². The van der Waals surface area contributed by atoms with Crippen LogP contribution in [0.4, 0.5) is 0 Å². The molecule has 3 N–H and O–H groups in total. The van der Waals surface area contributed by atoms with Crippen molar-refractivity contribution in [2.75, 3.05) is 26.2 Å². The number of hydrogen-bond donors (Lipinski definition) is 2. The molecule has 1 rings (SSSR count). The molecule has 118 valence electrons. The van der Waals surface area contributed by atoms with E-state index in [-0.39, 0.29) is 29.9 Å². The Kier molecular flexibility index (Phi) is 8.46. The van der Waals surface area contributed by atoms with Crippen LogP contribution in [-0.4, -0.2) is 42.9 Å². The first-order valence-corrected chi connectivity index (χ1v) is 7.20. The molecule has 1 aliphatic heterocycles. The minimum atomic E-state index is -0.510. The summed E-state index contributed by atoms with van der Waals surface area (Å²) in [7, 11) is 0. The molecule has 0 saturated carbocycles. The normalized spacial score (nSPS) is 17.6. The summed E-state index contributed by atoms with van der Waals surface area (Å²) in [5.41, 5.74) is 5.51. The quantitative estimate of drug-likeness (QED) is 0.433. The van der Waals surface area contributed by atoms with Crippen molar-refractivity contribution in [3.05, 3.63) is 0 Å². The number of guanidine groups is 1. The average molecular weight is 396 g/mol. The minimum Gasteiger partial charge on any atom is -0.370 e. The smallest absolute Gasteiger partial charge is 0.227 e. The van der Waals surface area contributed by atoms with E-state index < -0.39 is 5.41 Å². The molecule has 20 heavy (non-hydrogen) atoms. The Morgan fingerprint density at radius 1 is 1.40 bits per heavy atom. The van der Waals surface area contributed by atoms with Gasteiger partial charge in [-0.25, -0.2) is 0 Å². The fourth-order valence-corrected chi connectivity index (χ4v) is 2.09. The van der Waals surface area contributed by atoms with E-state index >= 15 is 0 Å². The highest BCUT2D eigenvalue weighted by molar-refractivity contribution is 14.0. The Bertz CT molecular complexity index is 336. The van der Waals surface area contributed by atoms with Gasteiger partial charge in [0.05, 0.1) is 12.0 Å². The van der Waals surface area contributed by atoms with Gasteiger partial charge in [-0.05, 0) is 39.5 Å². The molecule has 1 amide bonds. The maximum Gasteiger partial charge on any atom is 0.227 e. The fraction of sp³-hybridized carbons (Fsp3) is 0.857. The Morgan fingerprint density at radius 3 is 2.45 bits per heavy atom. The largest absolute Gasteiger partial charge is 0.370 e. The van der Waals surface area contributed by atoms with Gasteiger partial charge >= 0.3 is 0 Å². The van der Waals surface area contributed by atoms with Gasteiger partial charge in [0.2, 0.25) is 5.91 Å². The third kappa shape index (κ3) is 5.85. The van der Waals surface area contributed by atoms with E-state index in [4.69, 9.17) is 5.73 Å². The first-order valence-electron chi connectivity index (χ1n) is 7.20. The van der Waals surface area contributed by atoms with E-state index in [1.54, 1.807) is 0 Å². The number of carbonyl (C=O) groups excluding carboxylic acids is 1. The zero-order chi connectivity index (χ0) is 14.5. The number of likely N-dealkylation sites (tertiary alicyclic amines) is 1. The summed E-state index contributed by atoms with van der Waals surface area (Å²) in [6, 6.07) is 0. The lowest BCUT2D eigenvalue weighted by Crippen LogP contribution is -2.44. The minimum absolute atomic E-state index is 0. The van der Waals surface area contributed by atoms with Gasteiger partial charge in [0.15, 0.2) is 5.96 Å². The number of aliphatic imine (C=N–C) groups is 1. The molecule has 6 heteroatoms. The molecule has 1 aliphatic rings. The van der Waals surface area contributed by atoms with E-state index in [1.165, 1.54) is 0 Å². The molecule has 1 heterocycles. The maximum absolute atomic E-state index is 11.9. The van der Waals surface area contributed by atoms with Crippen LogP contribution in [0.15, 0.2) is 4.99 Å². The highest BCUT2D eigenvalue weighted by Crippen LogP contribution is 2.18. The van der Waals surface area contributed by atoms with Crippen LogP contribution in [0.3, 0.4) is 0 Å². The van der Waals surface area contributed by atoms with Gasteiger partial charge in [-0.2, -0.15) is 0 Å². The molecule has 0 aromatic heterocycles. The lowest BCUT2D eigenvalue weighted by atomic mass is 9.92. The average Bonchev–Trinajstić information content (AvgIpc) is 2.37. The van der Waals surface area contributed by atoms with Gasteiger partial charge in [0.1, 0.15) is 0 Å². The van der Waals surface area contributed by atoms with Gasteiger partial charge < -0.3 is 16.0 Å². The zero-order valence-corrected chi connectivity index (χ0v) is 15.4. The van der Waals surface area contributed by atoms with E-state index in [1.807, 2.05) is 20.8 Å². The number of carbonyl (C=O) groups is 1. The van der Waals surface area contributed by atoms with Gasteiger partial charge in [-0.1, -0.05) is 6.92 Å². The second-order valence-electron chi connectivity index (χ2n) is 6.09. The summed E-state index contributed by atoms with van der Waals surface area (Å²) in [5.74, 6) is 1.37. The van der Waals surface area contributed by atoms with Crippen molar-refractivity contribution in [2.45, 2.75) is 40.5 Å². The van der Waals surface area contributed by atoms with E-state index in [0.717, 1.165) is 31.8 Å². The number of nitrogens with two attached hydrogens (primary N) is 1. The molecule has 1 saturated heterocycles. The summed E-state index contributed by atoms with van der Waals surface area (Å²) in [5, 5.41) is 2.83. The molecule has 1 fully saturated rings. The molecule has 0 aromatic rings. The van der Waals surface area contributed by atoms with Crippen molar-refractivity contribution in [1.82, 2.24) is 10.2 Å². The van der Waals surface area contributed by atoms with Crippen molar-refractivity contribution >= 4 is 35.8 Å². The number of hydrogen-bond acceptors (Lipinski definition) is 2. The van der Waals surface area contributed by atoms with Gasteiger partial charge in [-0.15, -0.1) is 24.0 Å². The number of rotatable bonds is 4. The summed E-state index contributed by atoms with van der Waals surface area (Å²) < 4.78 is 0. The monoisotopic (exact) mass is 396 g/mol. The maximum atomic E-state index is 11.9. The lowest BCUT2D eigenvalue weighted by molar-refractivity contribution is -0.128. The molecule has 0 spiro atoms. The van der Waals surface area contributed by atoms with Gasteiger partial charge in [0.25, 0.3) is 0 Å². The van der Waals surface area contributed by atoms with Crippen molar-refractivity contribution < 1.29 is 4.79 Å². The molecule has 0 unspecified atom stereocenters. The molecule has 0 bridgehead atoms. The molecule has 0 atom stereocenters. The second kappa shape index (κ2) is 8.69. The van der Waals surface area contributed by atoms with Crippen LogP contribution >= 0.6 is 24.0 Å². The molecular weight excluding hydrogens is 367 g/mol. The Balaban J connectivity index is 0.00000361. The van der Waals surface area contributed by atoms with E-state index in [9.17, 15) is 4.79 Å². The van der Waals surface area contributed by atoms with Gasteiger partial charge in [0, 0.05) is 19.6 Å². The zero-order valence-electron chi connectivity index (χ0n) is 13.1. The van der Waals surface area contributed by atoms with E-state index in [2.05, 4.69) is 22.1 Å². The van der Waals surface area contributed by atoms with Crippen LogP contribution in [0.1, 0.15) is 40.5 Å². The molecule has 0 radical (unpaired) electrons. The SMILES string of the molecule is CCNC(=O)C(C)(C)CN=C(N)N1CCC(C)CC1.I. The molecule has 0 aromatic carbocycles. The van der Waals surface area contributed by atoms with Crippen LogP contribution in [0.5, 0.6) is 0 Å². The van der Waals surface area contributed by atoms with Crippen molar-refractivity contribution in [2.24, 2.45) is 22.1 Å². The number of nitrogens with one attached hydrogen (secondary N) is 1. The Labute approximate surface area is 139 Å². The van der Waals surface area contributed by atoms with Crippen molar-refractivity contribution in [3.63, 3.8) is 0 Å². The van der Waals surface area contributed by atoms with Gasteiger partial charge in [-0.3, -0.25) is 9.79 Å². The number of piperidine rings is 1. The lowest BCUT2D eigenvalue weighted by Gasteiger charge is -2.31. The highest BCUT2D eigenvalue weighted by Gasteiger charge is 2.27. The second-order valence-corrected chi connectivity index (χ2v) is 6.09. The topological polar surface area (TPSA) is 70.7 Å². The summed E-state index contributed by atoms with van der Waals surface area (Å²) in [6.07, 6.45) is 2.33. The standard InChI is InChI=1S/C14H28N4O.HI/c1-5-16-12(19)14(3,4)10-17-13(15)18-8-6-11(2)7-9-18;/h11H,5-10H2,1-4H3,(H2,15,17)(H,16,19);1H. The van der Waals surface area contributed by atoms with Crippen molar-refractivity contribution in [3.8, 4) is 0 Å². The van der Waals surface area contributed by atoms with Crippen LogP contribution in [-0.2, 0) is 4.79 Å². The summed E-state index contributed by atoms with van der Waals surface area (Å²) in [6.45, 7) is 11.0. The summed E-state index contributed by atoms with van der Waals surface area (Å²) in [4.78, 5) is 18.4. The predicted molar refractivity (Wildman–Crippen MR) is 94.3 cm³/mol. The number of amides is 1.